The van der Waals surface area contributed by atoms with Gasteiger partial charge in [-0.3, -0.25) is 0 Å². The molecule has 0 bridgehead atoms. The summed E-state index contributed by atoms with van der Waals surface area (Å²) in [5.74, 6) is -1.68. The molecule has 1 saturated heterocycles. The quantitative estimate of drug-likeness (QED) is 0.826. The summed E-state index contributed by atoms with van der Waals surface area (Å²) in [5, 5.41) is 3.00. The van der Waals surface area contributed by atoms with E-state index in [0.717, 1.165) is 12.5 Å². The summed E-state index contributed by atoms with van der Waals surface area (Å²) >= 11 is 2.88. The van der Waals surface area contributed by atoms with Crippen LogP contribution >= 0.6 is 15.9 Å². The van der Waals surface area contributed by atoms with Crippen LogP contribution in [0.4, 0.5) is 8.78 Å². The van der Waals surface area contributed by atoms with Crippen LogP contribution in [0.5, 0.6) is 0 Å². The molecular formula is C12H15BrF2N2O2S. The maximum atomic E-state index is 13.7. The van der Waals surface area contributed by atoms with Crippen molar-refractivity contribution in [2.75, 3.05) is 26.7 Å². The lowest BCUT2D eigenvalue weighted by Gasteiger charge is -2.17. The summed E-state index contributed by atoms with van der Waals surface area (Å²) in [6, 6.07) is 1.56. The Morgan fingerprint density at radius 2 is 2.10 bits per heavy atom. The summed E-state index contributed by atoms with van der Waals surface area (Å²) in [5.41, 5.74) is 0. The van der Waals surface area contributed by atoms with Crippen LogP contribution in [0.1, 0.15) is 6.42 Å². The van der Waals surface area contributed by atoms with Gasteiger partial charge in [-0.15, -0.1) is 0 Å². The molecule has 1 N–H and O–H groups in total. The number of sulfonamides is 1. The Balaban J connectivity index is 2.30. The number of nitrogens with one attached hydrogen (secondary N) is 1. The van der Waals surface area contributed by atoms with Gasteiger partial charge in [-0.25, -0.2) is 17.2 Å². The second-order valence-electron chi connectivity index (χ2n) is 4.77. The molecule has 8 heteroatoms. The van der Waals surface area contributed by atoms with Gasteiger partial charge in [0.15, 0.2) is 0 Å². The smallest absolute Gasteiger partial charge is 0.246 e. The minimum Gasteiger partial charge on any atom is -0.319 e. The van der Waals surface area contributed by atoms with Crippen LogP contribution in [0, 0.1) is 17.6 Å². The molecule has 112 valence electrons. The lowest BCUT2D eigenvalue weighted by Crippen LogP contribution is -2.31. The van der Waals surface area contributed by atoms with E-state index in [1.54, 1.807) is 7.05 Å². The molecule has 0 radical (unpaired) electrons. The van der Waals surface area contributed by atoms with Crippen molar-refractivity contribution in [2.24, 2.45) is 5.92 Å². The summed E-state index contributed by atoms with van der Waals surface area (Å²) in [6.07, 6.45) is 0.726. The van der Waals surface area contributed by atoms with E-state index in [1.807, 2.05) is 0 Å². The molecule has 2 rings (SSSR count). The summed E-state index contributed by atoms with van der Waals surface area (Å²) < 4.78 is 52.9. The summed E-state index contributed by atoms with van der Waals surface area (Å²) in [7, 11) is -2.13. The SMILES string of the molecule is CNCC1CCN(S(=O)(=O)c2cc(Br)c(F)cc2F)C1. The van der Waals surface area contributed by atoms with Crippen molar-refractivity contribution >= 4 is 26.0 Å². The molecule has 1 heterocycles. The number of hydrogen-bond donors (Lipinski definition) is 1. The van der Waals surface area contributed by atoms with Crippen LogP contribution in [-0.4, -0.2) is 39.4 Å². The second kappa shape index (κ2) is 6.05. The first-order chi connectivity index (χ1) is 9.36. The average Bonchev–Trinajstić information content (AvgIpc) is 2.83. The zero-order chi connectivity index (χ0) is 14.9. The van der Waals surface area contributed by atoms with E-state index in [-0.39, 0.29) is 10.4 Å². The van der Waals surface area contributed by atoms with Gasteiger partial charge in [0.05, 0.1) is 4.47 Å². The van der Waals surface area contributed by atoms with E-state index in [9.17, 15) is 17.2 Å². The number of hydrogen-bond acceptors (Lipinski definition) is 3. The fourth-order valence-corrected chi connectivity index (χ4v) is 4.41. The van der Waals surface area contributed by atoms with E-state index in [4.69, 9.17) is 0 Å². The second-order valence-corrected chi connectivity index (χ2v) is 7.53. The van der Waals surface area contributed by atoms with Crippen molar-refractivity contribution in [3.8, 4) is 0 Å². The number of rotatable bonds is 4. The fraction of sp³-hybridized carbons (Fsp3) is 0.500. The molecule has 0 aromatic heterocycles. The Morgan fingerprint density at radius 1 is 1.40 bits per heavy atom. The topological polar surface area (TPSA) is 49.4 Å². The molecule has 20 heavy (non-hydrogen) atoms. The average molecular weight is 369 g/mol. The van der Waals surface area contributed by atoms with Gasteiger partial charge < -0.3 is 5.32 Å². The van der Waals surface area contributed by atoms with Crippen molar-refractivity contribution in [2.45, 2.75) is 11.3 Å². The van der Waals surface area contributed by atoms with Gasteiger partial charge in [-0.2, -0.15) is 4.31 Å². The van der Waals surface area contributed by atoms with E-state index in [2.05, 4.69) is 21.2 Å². The van der Waals surface area contributed by atoms with Crippen LogP contribution < -0.4 is 5.32 Å². The Bertz CT molecular complexity index is 610. The largest absolute Gasteiger partial charge is 0.319 e. The van der Waals surface area contributed by atoms with Gasteiger partial charge in [-0.1, -0.05) is 0 Å². The molecular weight excluding hydrogens is 354 g/mol. The Kier molecular flexibility index (Phi) is 4.78. The third-order valence-electron chi connectivity index (χ3n) is 3.33. The molecule has 0 saturated carbocycles. The Morgan fingerprint density at radius 3 is 2.75 bits per heavy atom. The molecule has 1 fully saturated rings. The third kappa shape index (κ3) is 3.03. The first-order valence-corrected chi connectivity index (χ1v) is 8.39. The van der Waals surface area contributed by atoms with Crippen LogP contribution in [-0.2, 0) is 10.0 Å². The van der Waals surface area contributed by atoms with Crippen molar-refractivity contribution in [3.05, 3.63) is 28.2 Å². The van der Waals surface area contributed by atoms with E-state index in [1.165, 1.54) is 4.31 Å². The minimum atomic E-state index is -3.93. The lowest BCUT2D eigenvalue weighted by molar-refractivity contribution is 0.445. The van der Waals surface area contributed by atoms with Gasteiger partial charge in [0.1, 0.15) is 16.5 Å². The first-order valence-electron chi connectivity index (χ1n) is 6.15. The number of halogens is 3. The molecule has 0 amide bonds. The molecule has 1 aliphatic heterocycles. The highest BCUT2D eigenvalue weighted by Gasteiger charge is 2.34. The fourth-order valence-electron chi connectivity index (χ4n) is 2.31. The highest BCUT2D eigenvalue weighted by molar-refractivity contribution is 9.10. The van der Waals surface area contributed by atoms with Gasteiger partial charge in [-0.05, 0) is 47.9 Å². The molecule has 0 spiro atoms. The van der Waals surface area contributed by atoms with Gasteiger partial charge in [0.25, 0.3) is 0 Å². The standard InChI is InChI=1S/C12H15BrF2N2O2S/c1-16-6-8-2-3-17(7-8)20(18,19)12-4-9(13)10(14)5-11(12)15/h4-5,8,16H,2-3,6-7H2,1H3. The molecule has 1 atom stereocenters. The first kappa shape index (κ1) is 15.8. The van der Waals surface area contributed by atoms with Crippen LogP contribution in [0.15, 0.2) is 21.5 Å². The van der Waals surface area contributed by atoms with E-state index in [0.29, 0.717) is 25.7 Å². The minimum absolute atomic E-state index is 0.0663. The van der Waals surface area contributed by atoms with Crippen molar-refractivity contribution in [1.82, 2.24) is 9.62 Å². The van der Waals surface area contributed by atoms with Gasteiger partial charge in [0.2, 0.25) is 10.0 Å². The van der Waals surface area contributed by atoms with E-state index >= 15 is 0 Å². The number of nitrogens with zero attached hydrogens (tertiary/aromatic N) is 1. The maximum Gasteiger partial charge on any atom is 0.246 e. The number of benzene rings is 1. The monoisotopic (exact) mass is 368 g/mol. The Labute approximate surface area is 125 Å². The highest BCUT2D eigenvalue weighted by Crippen LogP contribution is 2.29. The third-order valence-corrected chi connectivity index (χ3v) is 5.82. The van der Waals surface area contributed by atoms with Gasteiger partial charge in [0, 0.05) is 19.2 Å². The van der Waals surface area contributed by atoms with Crippen LogP contribution in [0.3, 0.4) is 0 Å². The molecule has 0 aliphatic carbocycles. The molecule has 1 aliphatic rings. The van der Waals surface area contributed by atoms with Gasteiger partial charge >= 0.3 is 0 Å². The zero-order valence-corrected chi connectivity index (χ0v) is 13.3. The molecule has 1 unspecified atom stereocenters. The molecule has 1 aromatic carbocycles. The molecule has 4 nitrogen and oxygen atoms in total. The summed E-state index contributed by atoms with van der Waals surface area (Å²) in [4.78, 5) is -0.490. The predicted molar refractivity (Wildman–Crippen MR) is 74.9 cm³/mol. The normalized spacial score (nSPS) is 20.5. The summed E-state index contributed by atoms with van der Waals surface area (Å²) in [6.45, 7) is 1.41. The van der Waals surface area contributed by atoms with E-state index < -0.39 is 26.6 Å². The van der Waals surface area contributed by atoms with Crippen molar-refractivity contribution in [3.63, 3.8) is 0 Å². The predicted octanol–water partition coefficient (Wildman–Crippen LogP) is 1.96. The van der Waals surface area contributed by atoms with Crippen molar-refractivity contribution < 1.29 is 17.2 Å². The van der Waals surface area contributed by atoms with Crippen LogP contribution in [0.25, 0.3) is 0 Å². The highest BCUT2D eigenvalue weighted by atomic mass is 79.9. The Hall–Kier alpha value is -0.570. The zero-order valence-electron chi connectivity index (χ0n) is 10.9. The molecule has 1 aromatic rings. The van der Waals surface area contributed by atoms with Crippen LogP contribution in [0.2, 0.25) is 0 Å². The lowest BCUT2D eigenvalue weighted by atomic mass is 10.1. The maximum absolute atomic E-state index is 13.7. The van der Waals surface area contributed by atoms with Crippen molar-refractivity contribution in [1.29, 1.82) is 0 Å².